The zero-order valence-corrected chi connectivity index (χ0v) is 11.4. The Kier molecular flexibility index (Phi) is 3.86. The highest BCUT2D eigenvalue weighted by Gasteiger charge is 2.14. The van der Waals surface area contributed by atoms with E-state index in [-0.39, 0.29) is 0 Å². The Morgan fingerprint density at radius 1 is 1.32 bits per heavy atom. The summed E-state index contributed by atoms with van der Waals surface area (Å²) in [6.07, 6.45) is 0. The van der Waals surface area contributed by atoms with Crippen molar-refractivity contribution in [2.75, 3.05) is 11.9 Å². The fourth-order valence-corrected chi connectivity index (χ4v) is 1.63. The average molecular weight is 255 g/mol. The Morgan fingerprint density at radius 2 is 2.00 bits per heavy atom. The van der Waals surface area contributed by atoms with E-state index in [1.54, 1.807) is 0 Å². The first-order valence-electron chi connectivity index (χ1n) is 6.32. The predicted molar refractivity (Wildman–Crippen MR) is 74.7 cm³/mol. The number of benzene rings is 1. The van der Waals surface area contributed by atoms with E-state index in [9.17, 15) is 0 Å². The molecule has 1 heterocycles. The van der Waals surface area contributed by atoms with Crippen LogP contribution in [-0.2, 0) is 0 Å². The van der Waals surface area contributed by atoms with Gasteiger partial charge < -0.3 is 9.73 Å². The van der Waals surface area contributed by atoms with Crippen molar-refractivity contribution in [3.05, 3.63) is 35.5 Å². The maximum absolute atomic E-state index is 9.08. The van der Waals surface area contributed by atoms with E-state index in [1.165, 1.54) is 5.56 Å². The molecule has 0 saturated carbocycles. The monoisotopic (exact) mass is 255 g/mol. The Bertz CT molecular complexity index is 591. The molecule has 2 aromatic rings. The van der Waals surface area contributed by atoms with Gasteiger partial charge in [0, 0.05) is 12.1 Å². The lowest BCUT2D eigenvalue weighted by Gasteiger charge is -2.04. The molecule has 0 aliphatic heterocycles. The largest absolute Gasteiger partial charge is 0.419 e. The van der Waals surface area contributed by atoms with E-state index in [0.29, 0.717) is 23.4 Å². The van der Waals surface area contributed by atoms with Gasteiger partial charge >= 0.3 is 0 Å². The summed E-state index contributed by atoms with van der Waals surface area (Å²) in [5.74, 6) is 1.40. The highest BCUT2D eigenvalue weighted by atomic mass is 16.4. The number of nitriles is 1. The van der Waals surface area contributed by atoms with Gasteiger partial charge in [-0.05, 0) is 25.0 Å². The lowest BCUT2D eigenvalue weighted by molar-refractivity contribution is 0.574. The topological polar surface area (TPSA) is 61.9 Å². The predicted octanol–water partition coefficient (Wildman–Crippen LogP) is 3.59. The molecule has 0 atom stereocenters. The molecule has 0 aliphatic rings. The maximum atomic E-state index is 9.08. The molecule has 0 radical (unpaired) electrons. The molecule has 4 heteroatoms. The average Bonchev–Trinajstić information content (AvgIpc) is 2.80. The first kappa shape index (κ1) is 13.2. The third kappa shape index (κ3) is 3.14. The van der Waals surface area contributed by atoms with Gasteiger partial charge in [0.05, 0.1) is 0 Å². The van der Waals surface area contributed by atoms with Crippen molar-refractivity contribution in [1.82, 2.24) is 4.98 Å². The van der Waals surface area contributed by atoms with E-state index in [0.717, 1.165) is 12.1 Å². The summed E-state index contributed by atoms with van der Waals surface area (Å²) < 4.78 is 5.64. The molecule has 1 aromatic carbocycles. The zero-order valence-electron chi connectivity index (χ0n) is 11.4. The van der Waals surface area contributed by atoms with E-state index < -0.39 is 0 Å². The van der Waals surface area contributed by atoms with E-state index in [2.05, 4.69) is 30.2 Å². The number of oxazole rings is 1. The molecule has 0 bridgehead atoms. The van der Waals surface area contributed by atoms with E-state index in [1.807, 2.05) is 31.2 Å². The third-order valence-electron chi connectivity index (χ3n) is 2.70. The number of aryl methyl sites for hydroxylation is 1. The molecule has 1 aromatic heterocycles. The van der Waals surface area contributed by atoms with Crippen LogP contribution in [-0.4, -0.2) is 11.5 Å². The highest BCUT2D eigenvalue weighted by Crippen LogP contribution is 2.25. The van der Waals surface area contributed by atoms with Crippen LogP contribution in [0, 0.1) is 24.2 Å². The molecule has 19 heavy (non-hydrogen) atoms. The molecule has 0 amide bonds. The summed E-state index contributed by atoms with van der Waals surface area (Å²) in [5.41, 5.74) is 2.35. The van der Waals surface area contributed by atoms with Crippen molar-refractivity contribution in [2.24, 2.45) is 5.92 Å². The minimum Gasteiger partial charge on any atom is -0.419 e. The van der Waals surface area contributed by atoms with Crippen LogP contribution in [0.2, 0.25) is 0 Å². The fourth-order valence-electron chi connectivity index (χ4n) is 1.63. The molecular weight excluding hydrogens is 238 g/mol. The van der Waals surface area contributed by atoms with Gasteiger partial charge in [0.1, 0.15) is 6.07 Å². The number of hydrogen-bond acceptors (Lipinski definition) is 4. The zero-order chi connectivity index (χ0) is 13.8. The van der Waals surface area contributed by atoms with Crippen LogP contribution in [0.4, 0.5) is 5.88 Å². The van der Waals surface area contributed by atoms with Crippen LogP contribution in [0.3, 0.4) is 0 Å². The van der Waals surface area contributed by atoms with Crippen molar-refractivity contribution in [3.8, 4) is 17.5 Å². The first-order chi connectivity index (χ1) is 9.10. The second kappa shape index (κ2) is 5.57. The van der Waals surface area contributed by atoms with Crippen molar-refractivity contribution in [2.45, 2.75) is 20.8 Å². The number of aromatic nitrogens is 1. The number of nitrogens with zero attached hydrogens (tertiary/aromatic N) is 2. The smallest absolute Gasteiger partial charge is 0.232 e. The van der Waals surface area contributed by atoms with Gasteiger partial charge in [0.2, 0.25) is 17.5 Å². The Labute approximate surface area is 113 Å². The lowest BCUT2D eigenvalue weighted by atomic mass is 10.1. The molecule has 0 saturated heterocycles. The number of rotatable bonds is 4. The molecule has 0 spiro atoms. The van der Waals surface area contributed by atoms with E-state index >= 15 is 0 Å². The minimum absolute atomic E-state index is 0.302. The van der Waals surface area contributed by atoms with Gasteiger partial charge in [-0.15, -0.1) is 0 Å². The van der Waals surface area contributed by atoms with Crippen LogP contribution in [0.1, 0.15) is 25.1 Å². The van der Waals surface area contributed by atoms with Crippen LogP contribution in [0.5, 0.6) is 0 Å². The Hall–Kier alpha value is -2.28. The third-order valence-corrected chi connectivity index (χ3v) is 2.70. The molecular formula is C15H17N3O. The molecule has 0 fully saturated rings. The van der Waals surface area contributed by atoms with Crippen LogP contribution < -0.4 is 5.32 Å². The molecule has 0 aliphatic carbocycles. The van der Waals surface area contributed by atoms with Crippen LogP contribution >= 0.6 is 0 Å². The van der Waals surface area contributed by atoms with Gasteiger partial charge in [0.25, 0.3) is 0 Å². The number of nitrogens with one attached hydrogen (secondary N) is 1. The molecule has 2 rings (SSSR count). The molecule has 1 N–H and O–H groups in total. The lowest BCUT2D eigenvalue weighted by Crippen LogP contribution is -2.08. The summed E-state index contributed by atoms with van der Waals surface area (Å²) in [6.45, 7) is 6.96. The summed E-state index contributed by atoms with van der Waals surface area (Å²) >= 11 is 0. The van der Waals surface area contributed by atoms with Gasteiger partial charge in [-0.3, -0.25) is 0 Å². The van der Waals surface area contributed by atoms with Crippen molar-refractivity contribution in [1.29, 1.82) is 5.26 Å². The summed E-state index contributed by atoms with van der Waals surface area (Å²) in [7, 11) is 0. The normalized spacial score (nSPS) is 10.5. The van der Waals surface area contributed by atoms with E-state index in [4.69, 9.17) is 9.68 Å². The Balaban J connectivity index is 2.28. The highest BCUT2D eigenvalue weighted by molar-refractivity contribution is 5.59. The van der Waals surface area contributed by atoms with Crippen molar-refractivity contribution >= 4 is 5.88 Å². The van der Waals surface area contributed by atoms with Gasteiger partial charge in [-0.2, -0.15) is 10.2 Å². The summed E-state index contributed by atoms with van der Waals surface area (Å²) in [6, 6.07) is 9.92. The quantitative estimate of drug-likeness (QED) is 0.906. The summed E-state index contributed by atoms with van der Waals surface area (Å²) in [4.78, 5) is 4.22. The van der Waals surface area contributed by atoms with Crippen molar-refractivity contribution in [3.63, 3.8) is 0 Å². The minimum atomic E-state index is 0.302. The number of hydrogen-bond donors (Lipinski definition) is 1. The Morgan fingerprint density at radius 3 is 2.58 bits per heavy atom. The molecule has 0 unspecified atom stereocenters. The van der Waals surface area contributed by atoms with Crippen molar-refractivity contribution < 1.29 is 4.42 Å². The SMILES string of the molecule is Cc1ccc(-c2nc(C#N)c(NCC(C)C)o2)cc1. The van der Waals surface area contributed by atoms with Gasteiger partial charge in [-0.25, -0.2) is 0 Å². The molecule has 98 valence electrons. The molecule has 4 nitrogen and oxygen atoms in total. The fraction of sp³-hybridized carbons (Fsp3) is 0.333. The van der Waals surface area contributed by atoms with Gasteiger partial charge in [0.15, 0.2) is 0 Å². The second-order valence-electron chi connectivity index (χ2n) is 4.95. The number of anilines is 1. The van der Waals surface area contributed by atoms with Crippen LogP contribution in [0.15, 0.2) is 28.7 Å². The first-order valence-corrected chi connectivity index (χ1v) is 6.32. The van der Waals surface area contributed by atoms with Crippen LogP contribution in [0.25, 0.3) is 11.5 Å². The summed E-state index contributed by atoms with van der Waals surface area (Å²) in [5, 5.41) is 12.2. The maximum Gasteiger partial charge on any atom is 0.232 e. The standard InChI is InChI=1S/C15H17N3O/c1-10(2)9-17-15-13(8-16)18-14(19-15)12-6-4-11(3)5-7-12/h4-7,10,17H,9H2,1-3H3. The van der Waals surface area contributed by atoms with Gasteiger partial charge in [-0.1, -0.05) is 31.5 Å². The second-order valence-corrected chi connectivity index (χ2v) is 4.95.